The Hall–Kier alpha value is -2.28. The second kappa shape index (κ2) is 15.0. The largest absolute Gasteiger partial charge is 0.481 e. The van der Waals surface area contributed by atoms with Gasteiger partial charge >= 0.3 is 5.97 Å². The van der Waals surface area contributed by atoms with E-state index in [0.717, 1.165) is 88.1 Å². The molecule has 1 N–H and O–H groups in total. The molecule has 7 nitrogen and oxygen atoms in total. The molecule has 198 valence electrons. The van der Waals surface area contributed by atoms with Crippen LogP contribution in [0.15, 0.2) is 18.2 Å². The van der Waals surface area contributed by atoms with Gasteiger partial charge in [-0.1, -0.05) is 53.0 Å². The van der Waals surface area contributed by atoms with Gasteiger partial charge in [0.2, 0.25) is 13.2 Å². The summed E-state index contributed by atoms with van der Waals surface area (Å²) in [6, 6.07) is 5.92. The summed E-state index contributed by atoms with van der Waals surface area (Å²) in [5, 5.41) is 9.87. The van der Waals surface area contributed by atoms with Crippen LogP contribution < -0.4 is 9.47 Å². The summed E-state index contributed by atoms with van der Waals surface area (Å²) in [5.41, 5.74) is 1.03. The number of likely N-dealkylation sites (tertiary alicyclic amines) is 1. The van der Waals surface area contributed by atoms with Crippen LogP contribution in [0.25, 0.3) is 0 Å². The molecule has 3 rings (SSSR count). The van der Waals surface area contributed by atoms with Crippen molar-refractivity contribution in [3.8, 4) is 11.5 Å². The highest BCUT2D eigenvalue weighted by Crippen LogP contribution is 2.42. The number of carboxylic acids is 1. The molecule has 2 heterocycles. The van der Waals surface area contributed by atoms with Gasteiger partial charge in [-0.05, 0) is 56.3 Å². The number of carbonyl (C=O) groups excluding carboxylic acids is 1. The van der Waals surface area contributed by atoms with E-state index in [1.54, 1.807) is 0 Å². The molecular formula is C28H46N2O5. The molecule has 2 aliphatic rings. The number of likely N-dealkylation sites (N-methyl/N-ethyl adjacent to an activating group) is 1. The molecule has 0 radical (unpaired) electrons. The van der Waals surface area contributed by atoms with Crippen LogP contribution in [0, 0.1) is 11.8 Å². The molecule has 4 unspecified atom stereocenters. The Morgan fingerprint density at radius 2 is 1.83 bits per heavy atom. The Kier molecular flexibility index (Phi) is 12.4. The summed E-state index contributed by atoms with van der Waals surface area (Å²) in [5.74, 6) is 1.02. The molecule has 0 bridgehead atoms. The minimum atomic E-state index is -0.698. The predicted molar refractivity (Wildman–Crippen MR) is 139 cm³/mol. The van der Waals surface area contributed by atoms with Crippen molar-refractivity contribution in [3.63, 3.8) is 0 Å². The number of nitrogens with zero attached hydrogens (tertiary/aromatic N) is 2. The topological polar surface area (TPSA) is 79.3 Å². The van der Waals surface area contributed by atoms with Gasteiger partial charge < -0.3 is 24.4 Å². The fourth-order valence-electron chi connectivity index (χ4n) is 4.89. The Labute approximate surface area is 211 Å². The Balaban J connectivity index is 0.000000334. The number of hydrogen-bond donors (Lipinski definition) is 1. The average Bonchev–Trinajstić information content (AvgIpc) is 3.46. The minimum absolute atomic E-state index is 0.0102. The van der Waals surface area contributed by atoms with Crippen LogP contribution in [0.3, 0.4) is 0 Å². The normalized spacial score (nSPS) is 21.8. The van der Waals surface area contributed by atoms with E-state index in [1.807, 2.05) is 30.1 Å². The average molecular weight is 491 g/mol. The molecular weight excluding hydrogens is 444 g/mol. The van der Waals surface area contributed by atoms with Crippen molar-refractivity contribution in [2.75, 3.05) is 33.5 Å². The van der Waals surface area contributed by atoms with E-state index in [9.17, 15) is 14.7 Å². The third-order valence-corrected chi connectivity index (χ3v) is 7.41. The van der Waals surface area contributed by atoms with Gasteiger partial charge in [0.05, 0.1) is 5.92 Å². The SMILES string of the molecule is CCC(C)CCC1C(C(=O)O)C(c2ccc3c(c2)OCO3)CN1C.CCCCN(C=O)CCCC. The summed E-state index contributed by atoms with van der Waals surface area (Å²) in [6.45, 7) is 11.6. The maximum atomic E-state index is 12.0. The monoisotopic (exact) mass is 490 g/mol. The Morgan fingerprint density at radius 3 is 2.40 bits per heavy atom. The lowest BCUT2D eigenvalue weighted by Gasteiger charge is -2.24. The number of aliphatic carboxylic acids is 1. The molecule has 2 aliphatic heterocycles. The number of benzene rings is 1. The van der Waals surface area contributed by atoms with Crippen LogP contribution in [0.4, 0.5) is 0 Å². The fourth-order valence-corrected chi connectivity index (χ4v) is 4.89. The molecule has 35 heavy (non-hydrogen) atoms. The first-order valence-electron chi connectivity index (χ1n) is 13.4. The van der Waals surface area contributed by atoms with Gasteiger partial charge in [-0.15, -0.1) is 0 Å². The van der Waals surface area contributed by atoms with Crippen LogP contribution in [0.5, 0.6) is 11.5 Å². The molecule has 1 saturated heterocycles. The second-order valence-electron chi connectivity index (χ2n) is 10.0. The smallest absolute Gasteiger partial charge is 0.308 e. The summed E-state index contributed by atoms with van der Waals surface area (Å²) in [6.07, 6.45) is 8.69. The molecule has 0 saturated carbocycles. The molecule has 1 aromatic rings. The van der Waals surface area contributed by atoms with E-state index in [4.69, 9.17) is 9.47 Å². The maximum Gasteiger partial charge on any atom is 0.308 e. The number of fused-ring (bicyclic) bond motifs is 1. The number of unbranched alkanes of at least 4 members (excludes halogenated alkanes) is 2. The lowest BCUT2D eigenvalue weighted by Crippen LogP contribution is -2.34. The molecule has 0 aromatic heterocycles. The molecule has 1 aromatic carbocycles. The van der Waals surface area contributed by atoms with Crippen LogP contribution in [-0.4, -0.2) is 66.8 Å². The zero-order valence-corrected chi connectivity index (χ0v) is 22.4. The van der Waals surface area contributed by atoms with Gasteiger partial charge in [0.1, 0.15) is 0 Å². The van der Waals surface area contributed by atoms with Gasteiger partial charge in [0, 0.05) is 31.6 Å². The molecule has 1 amide bonds. The Bertz CT molecular complexity index is 779. The highest BCUT2D eigenvalue weighted by Gasteiger charge is 2.45. The summed E-state index contributed by atoms with van der Waals surface area (Å²) < 4.78 is 10.8. The number of ether oxygens (including phenoxy) is 2. The molecule has 0 aliphatic carbocycles. The predicted octanol–water partition coefficient (Wildman–Crippen LogP) is 5.39. The van der Waals surface area contributed by atoms with Crippen molar-refractivity contribution in [2.24, 2.45) is 11.8 Å². The van der Waals surface area contributed by atoms with Crippen LogP contribution >= 0.6 is 0 Å². The van der Waals surface area contributed by atoms with Crippen molar-refractivity contribution < 1.29 is 24.2 Å². The third kappa shape index (κ3) is 8.41. The van der Waals surface area contributed by atoms with Crippen molar-refractivity contribution >= 4 is 12.4 Å². The van der Waals surface area contributed by atoms with E-state index in [-0.39, 0.29) is 24.7 Å². The standard InChI is InChI=1S/C19H27NO4.C9H19NO/c1-4-12(2)5-7-15-18(19(21)22)14(10-20(15)3)13-6-8-16-17(9-13)24-11-23-16;1-3-5-7-10(9-11)8-6-4-2/h6,8-9,12,14-15,18H,4-5,7,10-11H2,1-3H3,(H,21,22);9H,3-8H2,1-2H3. The molecule has 0 spiro atoms. The van der Waals surface area contributed by atoms with Crippen LogP contribution in [-0.2, 0) is 9.59 Å². The second-order valence-corrected chi connectivity index (χ2v) is 10.0. The first-order chi connectivity index (χ1) is 16.9. The highest BCUT2D eigenvalue weighted by molar-refractivity contribution is 5.73. The highest BCUT2D eigenvalue weighted by atomic mass is 16.7. The van der Waals surface area contributed by atoms with Crippen molar-refractivity contribution in [1.29, 1.82) is 0 Å². The van der Waals surface area contributed by atoms with Crippen LogP contribution in [0.1, 0.15) is 84.1 Å². The number of hydrogen-bond acceptors (Lipinski definition) is 5. The first-order valence-corrected chi connectivity index (χ1v) is 13.4. The van der Waals surface area contributed by atoms with E-state index in [0.29, 0.717) is 5.92 Å². The van der Waals surface area contributed by atoms with Crippen LogP contribution in [0.2, 0.25) is 0 Å². The summed E-state index contributed by atoms with van der Waals surface area (Å²) in [4.78, 5) is 26.5. The van der Waals surface area contributed by atoms with Gasteiger partial charge in [-0.25, -0.2) is 0 Å². The summed E-state index contributed by atoms with van der Waals surface area (Å²) >= 11 is 0. The Morgan fingerprint density at radius 1 is 1.17 bits per heavy atom. The number of carbonyl (C=O) groups is 2. The number of carboxylic acid groups (broad SMARTS) is 1. The van der Waals surface area contributed by atoms with E-state index >= 15 is 0 Å². The fraction of sp³-hybridized carbons (Fsp3) is 0.714. The zero-order chi connectivity index (χ0) is 25.8. The maximum absolute atomic E-state index is 12.0. The zero-order valence-electron chi connectivity index (χ0n) is 22.4. The number of amides is 1. The van der Waals surface area contributed by atoms with E-state index < -0.39 is 5.97 Å². The van der Waals surface area contributed by atoms with Gasteiger partial charge in [-0.3, -0.25) is 9.59 Å². The van der Waals surface area contributed by atoms with Crippen molar-refractivity contribution in [2.45, 2.75) is 84.6 Å². The molecule has 1 fully saturated rings. The van der Waals surface area contributed by atoms with Gasteiger partial charge in [0.15, 0.2) is 11.5 Å². The lowest BCUT2D eigenvalue weighted by molar-refractivity contribution is -0.143. The van der Waals surface area contributed by atoms with Crippen molar-refractivity contribution in [1.82, 2.24) is 9.80 Å². The number of rotatable bonds is 13. The van der Waals surface area contributed by atoms with Crippen molar-refractivity contribution in [3.05, 3.63) is 23.8 Å². The first kappa shape index (κ1) is 29.0. The quantitative estimate of drug-likeness (QED) is 0.374. The molecule has 4 atom stereocenters. The van der Waals surface area contributed by atoms with E-state index in [1.165, 1.54) is 0 Å². The van der Waals surface area contributed by atoms with E-state index in [2.05, 4.69) is 32.6 Å². The van der Waals surface area contributed by atoms with Gasteiger partial charge in [0.25, 0.3) is 0 Å². The lowest BCUT2D eigenvalue weighted by atomic mass is 9.83. The minimum Gasteiger partial charge on any atom is -0.481 e. The molecule has 7 heteroatoms. The summed E-state index contributed by atoms with van der Waals surface area (Å²) in [7, 11) is 2.05. The third-order valence-electron chi connectivity index (χ3n) is 7.41. The van der Waals surface area contributed by atoms with Gasteiger partial charge in [-0.2, -0.15) is 0 Å².